The van der Waals surface area contributed by atoms with E-state index in [0.717, 1.165) is 29.2 Å². The van der Waals surface area contributed by atoms with Gasteiger partial charge in [0, 0.05) is 25.7 Å². The molecule has 1 aliphatic rings. The van der Waals surface area contributed by atoms with E-state index in [1.807, 2.05) is 40.3 Å². The topological polar surface area (TPSA) is 116 Å². The molecule has 9 heteroatoms. The summed E-state index contributed by atoms with van der Waals surface area (Å²) in [5.41, 5.74) is 6.95. The van der Waals surface area contributed by atoms with Crippen molar-refractivity contribution in [3.8, 4) is 0 Å². The minimum Gasteiger partial charge on any atom is -0.480 e. The van der Waals surface area contributed by atoms with Gasteiger partial charge in [-0.3, -0.25) is 14.5 Å². The lowest BCUT2D eigenvalue weighted by Gasteiger charge is -2.32. The molecule has 4 N–H and O–H groups in total. The first-order valence-corrected chi connectivity index (χ1v) is 13.5. The fourth-order valence-electron chi connectivity index (χ4n) is 4.67. The second-order valence-electron chi connectivity index (χ2n) is 9.16. The highest BCUT2D eigenvalue weighted by Gasteiger charge is 2.32. The molecule has 2 aromatic carbocycles. The lowest BCUT2D eigenvalue weighted by molar-refractivity contribution is -0.142. The van der Waals surface area contributed by atoms with Gasteiger partial charge in [0.2, 0.25) is 11.8 Å². The van der Waals surface area contributed by atoms with Crippen LogP contribution in [0.15, 0.2) is 42.5 Å². The third-order valence-electron chi connectivity index (χ3n) is 6.40. The average molecular weight is 501 g/mol. The molecular weight excluding hydrogens is 464 g/mol. The number of benzene rings is 2. The van der Waals surface area contributed by atoms with Crippen molar-refractivity contribution in [3.63, 3.8) is 0 Å². The lowest BCUT2D eigenvalue weighted by atomic mass is 10.0. The molecule has 2 aromatic rings. The van der Waals surface area contributed by atoms with Crippen LogP contribution in [0.5, 0.6) is 0 Å². The molecule has 35 heavy (non-hydrogen) atoms. The van der Waals surface area contributed by atoms with Crippen LogP contribution < -0.4 is 11.1 Å². The molecule has 3 rings (SSSR count). The summed E-state index contributed by atoms with van der Waals surface area (Å²) in [6.45, 7) is 3.42. The Labute approximate surface area is 211 Å². The Morgan fingerprint density at radius 3 is 2.69 bits per heavy atom. The van der Waals surface area contributed by atoms with Gasteiger partial charge in [0.05, 0.1) is 12.6 Å². The normalized spacial score (nSPS) is 17.5. The Kier molecular flexibility index (Phi) is 9.94. The largest absolute Gasteiger partial charge is 0.480 e. The van der Waals surface area contributed by atoms with Crippen LogP contribution >= 0.6 is 11.8 Å². The third kappa shape index (κ3) is 7.43. The van der Waals surface area contributed by atoms with Crippen LogP contribution in [0.25, 0.3) is 10.8 Å². The van der Waals surface area contributed by atoms with Crippen LogP contribution in [0.2, 0.25) is 0 Å². The molecule has 1 fully saturated rings. The predicted octanol–water partition coefficient (Wildman–Crippen LogP) is 2.30. The Balaban J connectivity index is 1.80. The summed E-state index contributed by atoms with van der Waals surface area (Å²) in [6, 6.07) is 12.7. The van der Waals surface area contributed by atoms with Gasteiger partial charge in [0.25, 0.3) is 0 Å². The summed E-state index contributed by atoms with van der Waals surface area (Å²) in [5, 5.41) is 14.4. The van der Waals surface area contributed by atoms with Gasteiger partial charge >= 0.3 is 5.97 Å². The van der Waals surface area contributed by atoms with Crippen molar-refractivity contribution >= 4 is 40.3 Å². The van der Waals surface area contributed by atoms with Crippen LogP contribution in [0.1, 0.15) is 31.7 Å². The van der Waals surface area contributed by atoms with Crippen molar-refractivity contribution in [2.24, 2.45) is 5.73 Å². The van der Waals surface area contributed by atoms with Crippen molar-refractivity contribution < 1.29 is 19.5 Å². The van der Waals surface area contributed by atoms with Crippen molar-refractivity contribution in [2.75, 3.05) is 31.6 Å². The van der Waals surface area contributed by atoms with Gasteiger partial charge in [0.15, 0.2) is 0 Å². The molecule has 0 spiro atoms. The Bertz CT molecular complexity index is 1030. The third-order valence-corrected chi connectivity index (χ3v) is 7.05. The number of carbonyl (C=O) groups excluding carboxylic acids is 2. The quantitative estimate of drug-likeness (QED) is 0.410. The number of hydrogen-bond acceptors (Lipinski definition) is 6. The molecule has 190 valence electrons. The van der Waals surface area contributed by atoms with Crippen LogP contribution in [0.3, 0.4) is 0 Å². The van der Waals surface area contributed by atoms with E-state index in [4.69, 9.17) is 5.73 Å². The number of fused-ring (bicyclic) bond motifs is 1. The van der Waals surface area contributed by atoms with Crippen LogP contribution in [-0.4, -0.2) is 82.5 Å². The van der Waals surface area contributed by atoms with Gasteiger partial charge in [-0.2, -0.15) is 11.8 Å². The highest BCUT2D eigenvalue weighted by atomic mass is 32.2. The number of carboxylic acid groups (broad SMARTS) is 1. The molecule has 1 aliphatic heterocycles. The number of nitrogens with one attached hydrogen (secondary N) is 1. The molecule has 0 unspecified atom stereocenters. The molecular formula is C26H36N4O4S. The highest BCUT2D eigenvalue weighted by Crippen LogP contribution is 2.23. The summed E-state index contributed by atoms with van der Waals surface area (Å²) in [7, 11) is 0. The number of nitrogens with two attached hydrogens (primary N) is 1. The molecule has 2 amide bonds. The fraction of sp³-hybridized carbons (Fsp3) is 0.500. The van der Waals surface area contributed by atoms with Crippen molar-refractivity contribution in [1.29, 1.82) is 0 Å². The highest BCUT2D eigenvalue weighted by molar-refractivity contribution is 7.98. The summed E-state index contributed by atoms with van der Waals surface area (Å²) in [4.78, 5) is 41.1. The van der Waals surface area contributed by atoms with Gasteiger partial charge < -0.3 is 21.1 Å². The molecule has 0 radical (unpaired) electrons. The van der Waals surface area contributed by atoms with Crippen molar-refractivity contribution in [1.82, 2.24) is 15.1 Å². The van der Waals surface area contributed by atoms with Gasteiger partial charge in [-0.1, -0.05) is 42.5 Å². The molecule has 3 atom stereocenters. The summed E-state index contributed by atoms with van der Waals surface area (Å²) >= 11 is 1.54. The summed E-state index contributed by atoms with van der Waals surface area (Å²) in [6.07, 6.45) is 4.01. The zero-order chi connectivity index (χ0) is 25.4. The molecule has 0 aromatic heterocycles. The Morgan fingerprint density at radius 2 is 1.97 bits per heavy atom. The van der Waals surface area contributed by atoms with Gasteiger partial charge in [-0.25, -0.2) is 4.79 Å². The van der Waals surface area contributed by atoms with E-state index in [0.29, 0.717) is 31.8 Å². The van der Waals surface area contributed by atoms with Gasteiger partial charge in [0.1, 0.15) is 6.04 Å². The molecule has 0 aliphatic carbocycles. The zero-order valence-electron chi connectivity index (χ0n) is 20.5. The Morgan fingerprint density at radius 1 is 1.23 bits per heavy atom. The molecule has 8 nitrogen and oxygen atoms in total. The van der Waals surface area contributed by atoms with Crippen LogP contribution in [-0.2, 0) is 20.9 Å². The number of amides is 2. The maximum absolute atomic E-state index is 13.0. The number of thioether (sulfide) groups is 1. The van der Waals surface area contributed by atoms with E-state index >= 15 is 0 Å². The smallest absolute Gasteiger partial charge is 0.326 e. The standard InChI is InChI=1S/C26H36N4O4S/c1-18(27)25(32)30-13-6-10-21(30)16-29(17-24(31)28-23(26(33)34)12-14-35-2)15-20-9-5-8-19-7-3-4-11-22(19)20/h3-5,7-9,11,18,21,23H,6,10,12-17,27H2,1-2H3,(H,28,31)(H,33,34)/t18-,21-,23-/m0/s1. The number of nitrogens with zero attached hydrogens (tertiary/aromatic N) is 2. The van der Waals surface area contributed by atoms with E-state index in [9.17, 15) is 19.5 Å². The summed E-state index contributed by atoms with van der Waals surface area (Å²) < 4.78 is 0. The predicted molar refractivity (Wildman–Crippen MR) is 140 cm³/mol. The van der Waals surface area contributed by atoms with Gasteiger partial charge in [-0.15, -0.1) is 0 Å². The van der Waals surface area contributed by atoms with E-state index in [-0.39, 0.29) is 24.4 Å². The lowest BCUT2D eigenvalue weighted by Crippen LogP contribution is -2.50. The minimum atomic E-state index is -1.03. The first kappa shape index (κ1) is 27.0. The van der Waals surface area contributed by atoms with E-state index in [1.165, 1.54) is 0 Å². The SMILES string of the molecule is CSCC[C@H](NC(=O)CN(Cc1cccc2ccccc12)C[C@@H]1CCCN1C(=O)[C@H](C)N)C(=O)O. The minimum absolute atomic E-state index is 0.0389. The number of aliphatic carboxylic acids is 1. The van der Waals surface area contributed by atoms with E-state index in [1.54, 1.807) is 18.7 Å². The molecule has 0 bridgehead atoms. The second-order valence-corrected chi connectivity index (χ2v) is 10.1. The number of hydrogen-bond donors (Lipinski definition) is 3. The number of rotatable bonds is 12. The second kappa shape index (κ2) is 12.9. The van der Waals surface area contributed by atoms with Crippen LogP contribution in [0.4, 0.5) is 0 Å². The zero-order valence-corrected chi connectivity index (χ0v) is 21.3. The molecule has 0 saturated carbocycles. The van der Waals surface area contributed by atoms with Gasteiger partial charge in [-0.05, 0) is 54.5 Å². The molecule has 1 saturated heterocycles. The number of likely N-dealkylation sites (tertiary alicyclic amines) is 1. The maximum atomic E-state index is 13.0. The average Bonchev–Trinajstić information content (AvgIpc) is 3.29. The fourth-order valence-corrected chi connectivity index (χ4v) is 5.14. The maximum Gasteiger partial charge on any atom is 0.326 e. The first-order valence-electron chi connectivity index (χ1n) is 12.1. The monoisotopic (exact) mass is 500 g/mol. The van der Waals surface area contributed by atoms with Crippen LogP contribution in [0, 0.1) is 0 Å². The number of carboxylic acids is 1. The van der Waals surface area contributed by atoms with E-state index < -0.39 is 18.1 Å². The first-order chi connectivity index (χ1) is 16.8. The Hall–Kier alpha value is -2.62. The number of carbonyl (C=O) groups is 3. The van der Waals surface area contributed by atoms with E-state index in [2.05, 4.69) is 23.5 Å². The van der Waals surface area contributed by atoms with Crippen molar-refractivity contribution in [2.45, 2.75) is 50.9 Å². The van der Waals surface area contributed by atoms with Crippen molar-refractivity contribution in [3.05, 3.63) is 48.0 Å². The summed E-state index contributed by atoms with van der Waals surface area (Å²) in [5.74, 6) is -0.794. The molecule has 1 heterocycles.